The average Bonchev–Trinajstić information content (AvgIpc) is 4.15. The predicted octanol–water partition coefficient (Wildman–Crippen LogP) is 8.46. The van der Waals surface area contributed by atoms with Gasteiger partial charge in [0.15, 0.2) is 20.1 Å². The largest absolute Gasteiger partial charge is 0.469 e. The van der Waals surface area contributed by atoms with Crippen LogP contribution in [0.1, 0.15) is 35.4 Å². The quantitative estimate of drug-likeness (QED) is 0.0591. The molecule has 0 radical (unpaired) electrons. The number of thiazole rings is 2. The van der Waals surface area contributed by atoms with Crippen molar-refractivity contribution >= 4 is 114 Å². The van der Waals surface area contributed by atoms with E-state index < -0.39 is 47.2 Å². The fourth-order valence-corrected chi connectivity index (χ4v) is 13.2. The second kappa shape index (κ2) is 20.4. The van der Waals surface area contributed by atoms with E-state index in [2.05, 4.69) is 29.0 Å². The SMILES string of the molecule is COC(=O)Cc1cccc(CNS(=O)(=O)c2cccc(C3CCN(c4nc5ccc(Cl)cc5s4)C3)c2[N+](=O)[O-])c1.O=[N+]([O-])c1ccccc1S(=O)(=O)NC1CCN(c2nc3ccc(Cl)cc3s2)C1. The van der Waals surface area contributed by atoms with Crippen molar-refractivity contribution in [3.8, 4) is 0 Å². The molecule has 0 spiro atoms. The van der Waals surface area contributed by atoms with Gasteiger partial charge in [0.1, 0.15) is 0 Å². The van der Waals surface area contributed by atoms with Gasteiger partial charge in [-0.15, -0.1) is 0 Å². The van der Waals surface area contributed by atoms with E-state index in [0.29, 0.717) is 65.8 Å². The molecule has 7 aromatic rings. The number of fused-ring (bicyclic) bond motifs is 2. The Balaban J connectivity index is 0.000000196. The van der Waals surface area contributed by atoms with Crippen LogP contribution in [0.5, 0.6) is 0 Å². The molecule has 24 heteroatoms. The van der Waals surface area contributed by atoms with E-state index in [4.69, 9.17) is 23.2 Å². The van der Waals surface area contributed by atoms with Crippen molar-refractivity contribution in [1.29, 1.82) is 0 Å². The Morgan fingerprint density at radius 1 is 0.750 bits per heavy atom. The summed E-state index contributed by atoms with van der Waals surface area (Å²) >= 11 is 15.1. The van der Waals surface area contributed by atoms with E-state index in [1.54, 1.807) is 42.5 Å². The fraction of sp³-hybridized carbons (Fsp3) is 0.250. The Bertz CT molecular complexity index is 3300. The van der Waals surface area contributed by atoms with Gasteiger partial charge in [-0.3, -0.25) is 25.0 Å². The van der Waals surface area contributed by atoms with Gasteiger partial charge in [0, 0.05) is 66.4 Å². The molecule has 68 heavy (non-hydrogen) atoms. The van der Waals surface area contributed by atoms with E-state index in [0.717, 1.165) is 30.7 Å². The highest BCUT2D eigenvalue weighted by Gasteiger charge is 2.36. The molecule has 2 atom stereocenters. The standard InChI is InChI=1S/C27H25ClN4O6S2.C17H15ClN4O4S2/c1-38-25(33)13-17-4-2-5-18(12-17)15-29-40(36,37)24-7-3-6-21(26(24)32(34)35)19-10-11-31(16-19)27-30-22-9-8-20(28)14-23(22)39-27;18-11-5-6-13-15(9-11)27-17(19-13)21-8-7-12(10-21)20-28(25,26)16-4-2-1-3-14(16)22(23)24/h2-9,12,14,19,29H,10-11,13,15-16H2,1H3;1-6,9,12,20H,7-8,10H2. The van der Waals surface area contributed by atoms with Gasteiger partial charge < -0.3 is 14.5 Å². The number of esters is 1. The van der Waals surface area contributed by atoms with Crippen LogP contribution >= 0.6 is 45.9 Å². The van der Waals surface area contributed by atoms with E-state index in [1.807, 2.05) is 29.2 Å². The lowest BCUT2D eigenvalue weighted by Gasteiger charge is -2.16. The number of nitro benzene ring substituents is 2. The molecule has 0 aliphatic carbocycles. The van der Waals surface area contributed by atoms with Crippen LogP contribution in [0.2, 0.25) is 10.0 Å². The molecule has 2 fully saturated rings. The van der Waals surface area contributed by atoms with Crippen molar-refractivity contribution in [2.24, 2.45) is 0 Å². The molecule has 2 aromatic heterocycles. The summed E-state index contributed by atoms with van der Waals surface area (Å²) in [5.41, 5.74) is 2.46. The zero-order valence-corrected chi connectivity index (χ0v) is 40.6. The van der Waals surface area contributed by atoms with Crippen molar-refractivity contribution in [2.75, 3.05) is 43.1 Å². The van der Waals surface area contributed by atoms with Gasteiger partial charge in [-0.2, -0.15) is 0 Å². The maximum atomic E-state index is 13.3. The molecule has 5 aromatic carbocycles. The fourth-order valence-electron chi connectivity index (χ4n) is 8.00. The van der Waals surface area contributed by atoms with Crippen molar-refractivity contribution in [1.82, 2.24) is 19.4 Å². The normalized spacial score (nSPS) is 16.2. The Hall–Kier alpha value is -5.85. The highest BCUT2D eigenvalue weighted by Crippen LogP contribution is 2.41. The van der Waals surface area contributed by atoms with Gasteiger partial charge in [-0.25, -0.2) is 36.2 Å². The molecule has 18 nitrogen and oxygen atoms in total. The number of halogens is 2. The molecule has 0 saturated carbocycles. The van der Waals surface area contributed by atoms with E-state index >= 15 is 0 Å². The van der Waals surface area contributed by atoms with Gasteiger partial charge in [-0.1, -0.05) is 94.4 Å². The number of carbonyl (C=O) groups is 1. The number of nitrogens with zero attached hydrogens (tertiary/aromatic N) is 6. The predicted molar refractivity (Wildman–Crippen MR) is 262 cm³/mol. The molecule has 2 unspecified atom stereocenters. The summed E-state index contributed by atoms with van der Waals surface area (Å²) in [6.45, 7) is 2.08. The lowest BCUT2D eigenvalue weighted by Crippen LogP contribution is -2.37. The van der Waals surface area contributed by atoms with Crippen LogP contribution in [0.15, 0.2) is 113 Å². The molecule has 2 saturated heterocycles. The average molecular weight is 1040 g/mol. The number of nitrogens with one attached hydrogen (secondary N) is 2. The molecule has 0 bridgehead atoms. The van der Waals surface area contributed by atoms with Crippen LogP contribution in [0, 0.1) is 20.2 Å². The zero-order valence-electron chi connectivity index (χ0n) is 35.8. The third-order valence-corrected chi connectivity index (χ3v) is 16.9. The van der Waals surface area contributed by atoms with Crippen LogP contribution in [0.25, 0.3) is 20.4 Å². The summed E-state index contributed by atoms with van der Waals surface area (Å²) < 4.78 is 63.6. The minimum absolute atomic E-state index is 0.0494. The van der Waals surface area contributed by atoms with Crippen LogP contribution in [0.4, 0.5) is 21.6 Å². The van der Waals surface area contributed by atoms with E-state index in [1.165, 1.54) is 66.2 Å². The number of aromatic nitrogens is 2. The molecular weight excluding hydrogens is 1000 g/mol. The van der Waals surface area contributed by atoms with Crippen molar-refractivity contribution in [3.05, 3.63) is 150 Å². The monoisotopic (exact) mass is 1040 g/mol. The minimum Gasteiger partial charge on any atom is -0.469 e. The number of hydrogen-bond acceptors (Lipinski definition) is 16. The number of hydrogen-bond donors (Lipinski definition) is 2. The summed E-state index contributed by atoms with van der Waals surface area (Å²) in [7, 11) is -6.95. The highest BCUT2D eigenvalue weighted by molar-refractivity contribution is 7.90. The number of ether oxygens (including phenoxy) is 1. The minimum atomic E-state index is -4.23. The lowest BCUT2D eigenvalue weighted by molar-refractivity contribution is -0.388. The highest BCUT2D eigenvalue weighted by atomic mass is 35.5. The molecule has 2 N–H and O–H groups in total. The number of nitro groups is 2. The second-order valence-electron chi connectivity index (χ2n) is 15.8. The topological polar surface area (TPSA) is 237 Å². The smallest absolute Gasteiger partial charge is 0.309 e. The number of carbonyl (C=O) groups excluding carboxylic acids is 1. The molecule has 4 heterocycles. The Labute approximate surface area is 407 Å². The second-order valence-corrected chi connectivity index (χ2v) is 22.1. The van der Waals surface area contributed by atoms with Gasteiger partial charge in [0.25, 0.3) is 11.4 Å². The molecular formula is C44H40Cl2N8O10S4. The first-order chi connectivity index (χ1) is 32.5. The van der Waals surface area contributed by atoms with E-state index in [-0.39, 0.29) is 34.7 Å². The van der Waals surface area contributed by atoms with Crippen molar-refractivity contribution in [3.63, 3.8) is 0 Å². The summed E-state index contributed by atoms with van der Waals surface area (Å²) in [4.78, 5) is 46.3. The first-order valence-corrected chi connectivity index (χ1v) is 26.1. The van der Waals surface area contributed by atoms with Crippen molar-refractivity contribution < 1.29 is 36.2 Å². The van der Waals surface area contributed by atoms with Gasteiger partial charge in [0.2, 0.25) is 20.0 Å². The Morgan fingerprint density at radius 2 is 1.35 bits per heavy atom. The van der Waals surface area contributed by atoms with Crippen molar-refractivity contribution in [2.45, 2.75) is 47.6 Å². The summed E-state index contributed by atoms with van der Waals surface area (Å²) in [6.07, 6.45) is 1.24. The van der Waals surface area contributed by atoms with Crippen LogP contribution < -0.4 is 19.2 Å². The third-order valence-electron chi connectivity index (χ3n) is 11.2. The number of para-hydroxylation sites is 2. The maximum Gasteiger partial charge on any atom is 0.309 e. The molecule has 9 rings (SSSR count). The van der Waals surface area contributed by atoms with Crippen LogP contribution in [-0.4, -0.2) is 82.0 Å². The number of rotatable bonds is 14. The third kappa shape index (κ3) is 11.0. The maximum absolute atomic E-state index is 13.3. The number of methoxy groups -OCH3 is 1. The summed E-state index contributed by atoms with van der Waals surface area (Å²) in [5, 5.41) is 26.2. The first-order valence-electron chi connectivity index (χ1n) is 20.8. The summed E-state index contributed by atoms with van der Waals surface area (Å²) in [6, 6.07) is 27.2. The number of anilines is 2. The Morgan fingerprint density at radius 3 is 2.00 bits per heavy atom. The van der Waals surface area contributed by atoms with Gasteiger partial charge in [-0.05, 0) is 72.5 Å². The Kier molecular flexibility index (Phi) is 14.6. The summed E-state index contributed by atoms with van der Waals surface area (Å²) in [5.74, 6) is -0.663. The van der Waals surface area contributed by atoms with Crippen LogP contribution in [0.3, 0.4) is 0 Å². The molecule has 354 valence electrons. The molecule has 0 amide bonds. The molecule has 2 aliphatic heterocycles. The zero-order chi connectivity index (χ0) is 48.3. The van der Waals surface area contributed by atoms with Gasteiger partial charge in [0.05, 0.1) is 43.8 Å². The number of benzene rings is 5. The molecule has 2 aliphatic rings. The first kappa shape index (κ1) is 48.6. The van der Waals surface area contributed by atoms with E-state index in [9.17, 15) is 41.9 Å². The van der Waals surface area contributed by atoms with Crippen LogP contribution in [-0.2, 0) is 42.5 Å². The number of sulfonamides is 2. The van der Waals surface area contributed by atoms with Gasteiger partial charge >= 0.3 is 5.97 Å². The lowest BCUT2D eigenvalue weighted by atomic mass is 9.97.